The number of fused-ring (bicyclic) bond motifs is 4. The van der Waals surface area contributed by atoms with Crippen LogP contribution in [0.15, 0.2) is 194 Å². The highest BCUT2D eigenvalue weighted by Gasteiger charge is 2.38. The third-order valence-corrected chi connectivity index (χ3v) is 15.4. The Morgan fingerprint density at radius 1 is 0.362 bits per heavy atom. The standard InChI is InChI=1S/C68H54O12/c1-3-67(37-73-38-67)41-75-53-25-17-45(18-26-53)63(69)77-55-29-21-47-33-51(15-13-49(47)35-55)65(71)79-59-31-23-43-9-5-7-11-57(43)61(59)62-58-12-8-6-10-44(58)24-32-60(62)80-66(72)52-16-14-50-36-56(30-22-48(50)34-52)78-64(70)46-19-27-54(28-20-46)76-42-68(4-2)39-74-40-68/h5-36H,3-4,37-42H2,1-2H3. The fourth-order valence-electron chi connectivity index (χ4n) is 10.1. The van der Waals surface area contributed by atoms with Crippen LogP contribution < -0.4 is 28.4 Å². The molecule has 398 valence electrons. The van der Waals surface area contributed by atoms with E-state index in [0.29, 0.717) is 96.0 Å². The van der Waals surface area contributed by atoms with Crippen LogP contribution in [-0.2, 0) is 9.47 Å². The van der Waals surface area contributed by atoms with E-state index in [0.717, 1.165) is 55.9 Å². The Bertz CT molecular complexity index is 3750. The molecule has 12 heteroatoms. The van der Waals surface area contributed by atoms with Crippen molar-refractivity contribution in [3.63, 3.8) is 0 Å². The second kappa shape index (κ2) is 21.8. The first kappa shape index (κ1) is 51.4. The molecule has 0 unspecified atom stereocenters. The molecule has 2 fully saturated rings. The van der Waals surface area contributed by atoms with Crippen molar-refractivity contribution in [1.29, 1.82) is 0 Å². The van der Waals surface area contributed by atoms with E-state index in [1.807, 2.05) is 60.7 Å². The van der Waals surface area contributed by atoms with E-state index in [1.54, 1.807) is 133 Å². The van der Waals surface area contributed by atoms with E-state index in [4.69, 9.17) is 37.9 Å². The highest BCUT2D eigenvalue weighted by atomic mass is 16.6. The summed E-state index contributed by atoms with van der Waals surface area (Å²) in [5, 5.41) is 6.25. The van der Waals surface area contributed by atoms with Crippen molar-refractivity contribution < 1.29 is 57.1 Å². The number of esters is 4. The summed E-state index contributed by atoms with van der Waals surface area (Å²) in [5.74, 6) is 0.310. The van der Waals surface area contributed by atoms with Crippen LogP contribution in [0.2, 0.25) is 0 Å². The molecule has 0 radical (unpaired) electrons. The Kier molecular flexibility index (Phi) is 14.0. The van der Waals surface area contributed by atoms with Crippen LogP contribution in [0.25, 0.3) is 54.2 Å². The Morgan fingerprint density at radius 3 is 1.09 bits per heavy atom. The van der Waals surface area contributed by atoms with Gasteiger partial charge in [-0.3, -0.25) is 0 Å². The van der Waals surface area contributed by atoms with Gasteiger partial charge in [0.2, 0.25) is 0 Å². The van der Waals surface area contributed by atoms with Crippen LogP contribution in [0.5, 0.6) is 34.5 Å². The van der Waals surface area contributed by atoms with Gasteiger partial charge in [0.05, 0.1) is 72.7 Å². The van der Waals surface area contributed by atoms with E-state index < -0.39 is 23.9 Å². The van der Waals surface area contributed by atoms with Crippen molar-refractivity contribution in [2.24, 2.45) is 10.8 Å². The molecule has 12 rings (SSSR count). The average Bonchev–Trinajstić information content (AvgIpc) is 3.47. The molecule has 0 atom stereocenters. The average molecular weight is 1060 g/mol. The van der Waals surface area contributed by atoms with Crippen LogP contribution >= 0.6 is 0 Å². The number of hydrogen-bond acceptors (Lipinski definition) is 12. The molecule has 0 saturated carbocycles. The molecule has 2 aliphatic rings. The maximum absolute atomic E-state index is 14.3. The van der Waals surface area contributed by atoms with Crippen LogP contribution in [0.3, 0.4) is 0 Å². The normalized spacial score (nSPS) is 14.2. The number of hydrogen-bond donors (Lipinski definition) is 0. The topological polar surface area (TPSA) is 142 Å². The van der Waals surface area contributed by atoms with E-state index >= 15 is 0 Å². The lowest BCUT2D eigenvalue weighted by Crippen LogP contribution is -2.46. The first-order valence-electron chi connectivity index (χ1n) is 26.7. The van der Waals surface area contributed by atoms with E-state index in [2.05, 4.69) is 13.8 Å². The third kappa shape index (κ3) is 10.5. The zero-order valence-corrected chi connectivity index (χ0v) is 44.0. The van der Waals surface area contributed by atoms with Crippen molar-refractivity contribution in [2.75, 3.05) is 39.6 Å². The summed E-state index contributed by atoms with van der Waals surface area (Å²) >= 11 is 0. The SMILES string of the molecule is CCC1(COc2ccc(C(=O)Oc3ccc4cc(C(=O)Oc5ccc6ccccc6c5-c5c(OC(=O)c6ccc7cc(OC(=O)c8ccc(OCC9(CC)COC9)cc8)ccc7c6)ccc6ccccc56)ccc4c3)cc2)COC1. The largest absolute Gasteiger partial charge is 0.493 e. The summed E-state index contributed by atoms with van der Waals surface area (Å²) in [6, 6.07) is 57.4. The molecule has 0 amide bonds. The molecule has 2 saturated heterocycles. The zero-order valence-electron chi connectivity index (χ0n) is 44.0. The van der Waals surface area contributed by atoms with E-state index in [9.17, 15) is 19.2 Å². The summed E-state index contributed by atoms with van der Waals surface area (Å²) in [7, 11) is 0. The van der Waals surface area contributed by atoms with Crippen molar-refractivity contribution in [3.05, 3.63) is 216 Å². The zero-order chi connectivity index (χ0) is 54.8. The lowest BCUT2D eigenvalue weighted by molar-refractivity contribution is -0.133. The maximum Gasteiger partial charge on any atom is 0.343 e. The van der Waals surface area contributed by atoms with Gasteiger partial charge < -0.3 is 37.9 Å². The summed E-state index contributed by atoms with van der Waals surface area (Å²) in [6.07, 6.45) is 1.93. The minimum absolute atomic E-state index is 0.0372. The molecule has 10 aromatic rings. The number of carbonyl (C=O) groups is 4. The summed E-state index contributed by atoms with van der Waals surface area (Å²) in [4.78, 5) is 55.0. The second-order valence-electron chi connectivity index (χ2n) is 20.6. The Morgan fingerprint density at radius 2 is 0.700 bits per heavy atom. The van der Waals surface area contributed by atoms with E-state index in [-0.39, 0.29) is 22.3 Å². The van der Waals surface area contributed by atoms with Crippen molar-refractivity contribution in [3.8, 4) is 45.6 Å². The van der Waals surface area contributed by atoms with Gasteiger partial charge in [-0.15, -0.1) is 0 Å². The minimum Gasteiger partial charge on any atom is -0.493 e. The predicted octanol–water partition coefficient (Wildman–Crippen LogP) is 14.5. The summed E-state index contributed by atoms with van der Waals surface area (Å²) < 4.78 is 47.0. The quantitative estimate of drug-likeness (QED) is 0.0633. The van der Waals surface area contributed by atoms with Crippen LogP contribution in [-0.4, -0.2) is 63.5 Å². The molecule has 2 heterocycles. The smallest absolute Gasteiger partial charge is 0.343 e. The number of rotatable bonds is 17. The first-order valence-corrected chi connectivity index (χ1v) is 26.7. The van der Waals surface area contributed by atoms with Gasteiger partial charge in [-0.1, -0.05) is 98.8 Å². The van der Waals surface area contributed by atoms with Crippen molar-refractivity contribution in [2.45, 2.75) is 26.7 Å². The maximum atomic E-state index is 14.3. The van der Waals surface area contributed by atoms with Crippen molar-refractivity contribution in [1.82, 2.24) is 0 Å². The monoisotopic (exact) mass is 1060 g/mol. The van der Waals surface area contributed by atoms with Gasteiger partial charge in [-0.2, -0.15) is 0 Å². The Hall–Kier alpha value is -9.36. The first-order chi connectivity index (χ1) is 39.0. The van der Waals surface area contributed by atoms with Crippen molar-refractivity contribution >= 4 is 67.0 Å². The van der Waals surface area contributed by atoms with Crippen LogP contribution in [0.4, 0.5) is 0 Å². The van der Waals surface area contributed by atoms with Gasteiger partial charge in [0.25, 0.3) is 0 Å². The molecule has 80 heavy (non-hydrogen) atoms. The Labute approximate surface area is 461 Å². The molecule has 0 N–H and O–H groups in total. The van der Waals surface area contributed by atoms with Gasteiger partial charge in [0.15, 0.2) is 0 Å². The van der Waals surface area contributed by atoms with Gasteiger partial charge in [-0.25, -0.2) is 19.2 Å². The van der Waals surface area contributed by atoms with Crippen LogP contribution in [0, 0.1) is 10.8 Å². The lowest BCUT2D eigenvalue weighted by Gasteiger charge is -2.40. The van der Waals surface area contributed by atoms with E-state index in [1.165, 1.54) is 0 Å². The van der Waals surface area contributed by atoms with Gasteiger partial charge in [0.1, 0.15) is 34.5 Å². The lowest BCUT2D eigenvalue weighted by atomic mass is 9.84. The fourth-order valence-corrected chi connectivity index (χ4v) is 10.1. The molecule has 2 aliphatic heterocycles. The molecule has 0 spiro atoms. The summed E-state index contributed by atoms with van der Waals surface area (Å²) in [6.45, 7) is 8.08. The third-order valence-electron chi connectivity index (χ3n) is 15.4. The predicted molar refractivity (Wildman–Crippen MR) is 306 cm³/mol. The van der Waals surface area contributed by atoms with Gasteiger partial charge in [-0.05, 0) is 165 Å². The number of benzene rings is 10. The molecule has 0 aromatic heterocycles. The van der Waals surface area contributed by atoms with Gasteiger partial charge in [0, 0.05) is 11.1 Å². The highest BCUT2D eigenvalue weighted by molar-refractivity contribution is 6.11. The van der Waals surface area contributed by atoms with Gasteiger partial charge >= 0.3 is 23.9 Å². The number of carbonyl (C=O) groups excluding carboxylic acids is 4. The molecular weight excluding hydrogens is 1010 g/mol. The van der Waals surface area contributed by atoms with Crippen LogP contribution in [0.1, 0.15) is 68.1 Å². The summed E-state index contributed by atoms with van der Waals surface area (Å²) in [5.41, 5.74) is 2.54. The Balaban J connectivity index is 0.759. The minimum atomic E-state index is -0.606. The highest BCUT2D eigenvalue weighted by Crippen LogP contribution is 2.46. The number of ether oxygens (including phenoxy) is 8. The molecule has 12 nitrogen and oxygen atoms in total. The molecule has 0 aliphatic carbocycles. The second-order valence-corrected chi connectivity index (χ2v) is 20.6. The molecular formula is C68H54O12. The molecule has 10 aromatic carbocycles. The molecule has 0 bridgehead atoms. The fraction of sp³-hybridized carbons (Fsp3) is 0.176.